The van der Waals surface area contributed by atoms with Crippen LogP contribution in [-0.2, 0) is 0 Å². The van der Waals surface area contributed by atoms with Crippen molar-refractivity contribution in [3.8, 4) is 22.9 Å². The molecule has 3 aromatic carbocycles. The van der Waals surface area contributed by atoms with Gasteiger partial charge >= 0.3 is 0 Å². The molecule has 0 saturated heterocycles. The van der Waals surface area contributed by atoms with Crippen molar-refractivity contribution >= 4 is 17.1 Å². The molecule has 0 spiro atoms. The number of aryl methyl sites for hydroxylation is 1. The van der Waals surface area contributed by atoms with Crippen molar-refractivity contribution in [3.05, 3.63) is 87.7 Å². The third kappa shape index (κ3) is 5.11. The van der Waals surface area contributed by atoms with Gasteiger partial charge in [-0.3, -0.25) is 4.79 Å². The summed E-state index contributed by atoms with van der Waals surface area (Å²) < 4.78 is 12.8. The van der Waals surface area contributed by atoms with E-state index in [1.165, 1.54) is 4.68 Å². The third-order valence-corrected chi connectivity index (χ3v) is 5.75. The van der Waals surface area contributed by atoms with Crippen LogP contribution in [0.5, 0.6) is 11.5 Å². The first-order chi connectivity index (χ1) is 16.8. The van der Waals surface area contributed by atoms with Gasteiger partial charge in [-0.15, -0.1) is 0 Å². The van der Waals surface area contributed by atoms with Gasteiger partial charge in [-0.25, -0.2) is 4.98 Å². The van der Waals surface area contributed by atoms with Gasteiger partial charge in [-0.05, 0) is 79.8 Å². The van der Waals surface area contributed by atoms with Gasteiger partial charge in [0.05, 0.1) is 30.3 Å². The second-order valence-corrected chi connectivity index (χ2v) is 9.12. The van der Waals surface area contributed by atoms with Crippen LogP contribution < -0.4 is 15.0 Å². The standard InChI is InChI=1S/C29H31N3O3/c1-18(2)24-16-25(20(5)14-27(24)34-6)28-31-26-13-8-7-12-23(26)29(33)32(28)30-17-21-10-9-11-22(15-21)35-19(3)4/h7-19H,1-6H3. The maximum absolute atomic E-state index is 13.6. The van der Waals surface area contributed by atoms with E-state index in [9.17, 15) is 4.79 Å². The van der Waals surface area contributed by atoms with Crippen LogP contribution in [0, 0.1) is 6.92 Å². The highest BCUT2D eigenvalue weighted by atomic mass is 16.5. The van der Waals surface area contributed by atoms with E-state index in [2.05, 4.69) is 25.0 Å². The van der Waals surface area contributed by atoms with E-state index in [1.807, 2.05) is 69.3 Å². The summed E-state index contributed by atoms with van der Waals surface area (Å²) in [7, 11) is 1.67. The number of aromatic nitrogens is 2. The molecule has 0 aliphatic heterocycles. The number of nitrogens with zero attached hydrogens (tertiary/aromatic N) is 3. The van der Waals surface area contributed by atoms with Gasteiger partial charge in [0.15, 0.2) is 5.82 Å². The maximum atomic E-state index is 13.6. The first-order valence-electron chi connectivity index (χ1n) is 11.8. The third-order valence-electron chi connectivity index (χ3n) is 5.75. The summed E-state index contributed by atoms with van der Waals surface area (Å²) in [5.41, 5.74) is 4.06. The molecular formula is C29H31N3O3. The molecule has 0 N–H and O–H groups in total. The zero-order valence-corrected chi connectivity index (χ0v) is 21.1. The van der Waals surface area contributed by atoms with Crippen molar-refractivity contribution in [1.29, 1.82) is 0 Å². The van der Waals surface area contributed by atoms with Gasteiger partial charge in [-0.1, -0.05) is 38.1 Å². The Morgan fingerprint density at radius 2 is 1.77 bits per heavy atom. The summed E-state index contributed by atoms with van der Waals surface area (Å²) >= 11 is 0. The highest BCUT2D eigenvalue weighted by molar-refractivity contribution is 5.82. The average molecular weight is 470 g/mol. The van der Waals surface area contributed by atoms with E-state index in [-0.39, 0.29) is 17.6 Å². The van der Waals surface area contributed by atoms with Crippen molar-refractivity contribution in [2.45, 2.75) is 46.6 Å². The lowest BCUT2D eigenvalue weighted by Crippen LogP contribution is -2.20. The molecule has 6 heteroatoms. The van der Waals surface area contributed by atoms with Crippen LogP contribution in [0.3, 0.4) is 0 Å². The highest BCUT2D eigenvalue weighted by Gasteiger charge is 2.18. The fraction of sp³-hybridized carbons (Fsp3) is 0.276. The number of para-hydroxylation sites is 1. The van der Waals surface area contributed by atoms with Crippen LogP contribution in [0.2, 0.25) is 0 Å². The van der Waals surface area contributed by atoms with E-state index in [4.69, 9.17) is 14.5 Å². The summed E-state index contributed by atoms with van der Waals surface area (Å²) in [4.78, 5) is 18.4. The number of methoxy groups -OCH3 is 1. The number of ether oxygens (including phenoxy) is 2. The number of rotatable bonds is 7. The van der Waals surface area contributed by atoms with E-state index in [1.54, 1.807) is 19.4 Å². The molecule has 0 aliphatic rings. The van der Waals surface area contributed by atoms with Crippen LogP contribution in [0.25, 0.3) is 22.3 Å². The molecule has 0 amide bonds. The number of hydrogen-bond donors (Lipinski definition) is 0. The molecule has 0 atom stereocenters. The monoisotopic (exact) mass is 469 g/mol. The topological polar surface area (TPSA) is 65.7 Å². The molecule has 0 unspecified atom stereocenters. The van der Waals surface area contributed by atoms with Crippen LogP contribution in [0.1, 0.15) is 50.3 Å². The molecule has 0 saturated carbocycles. The fourth-order valence-electron chi connectivity index (χ4n) is 4.04. The predicted molar refractivity (Wildman–Crippen MR) is 142 cm³/mol. The first-order valence-corrected chi connectivity index (χ1v) is 11.8. The molecular weight excluding hydrogens is 438 g/mol. The second-order valence-electron chi connectivity index (χ2n) is 9.12. The van der Waals surface area contributed by atoms with Gasteiger partial charge < -0.3 is 9.47 Å². The Kier molecular flexibility index (Phi) is 7.01. The van der Waals surface area contributed by atoms with Crippen LogP contribution >= 0.6 is 0 Å². The van der Waals surface area contributed by atoms with Crippen molar-refractivity contribution in [2.24, 2.45) is 5.10 Å². The van der Waals surface area contributed by atoms with Gasteiger partial charge in [-0.2, -0.15) is 9.78 Å². The zero-order valence-electron chi connectivity index (χ0n) is 21.1. The molecule has 0 bridgehead atoms. The molecule has 1 aromatic heterocycles. The second kappa shape index (κ2) is 10.1. The quantitative estimate of drug-likeness (QED) is 0.304. The van der Waals surface area contributed by atoms with Crippen molar-refractivity contribution < 1.29 is 9.47 Å². The van der Waals surface area contributed by atoms with E-state index >= 15 is 0 Å². The normalized spacial score (nSPS) is 11.7. The smallest absolute Gasteiger partial charge is 0.282 e. The minimum Gasteiger partial charge on any atom is -0.496 e. The fourth-order valence-corrected chi connectivity index (χ4v) is 4.04. The van der Waals surface area contributed by atoms with E-state index in [0.29, 0.717) is 16.7 Å². The Bertz CT molecular complexity index is 1450. The molecule has 35 heavy (non-hydrogen) atoms. The van der Waals surface area contributed by atoms with Gasteiger partial charge in [0.1, 0.15) is 11.5 Å². The minimum absolute atomic E-state index is 0.0642. The number of fused-ring (bicyclic) bond motifs is 1. The molecule has 1 heterocycles. The Morgan fingerprint density at radius 3 is 2.49 bits per heavy atom. The summed E-state index contributed by atoms with van der Waals surface area (Å²) in [5.74, 6) is 2.29. The number of benzene rings is 3. The zero-order chi connectivity index (χ0) is 25.1. The van der Waals surface area contributed by atoms with Crippen LogP contribution in [0.15, 0.2) is 70.6 Å². The lowest BCUT2D eigenvalue weighted by Gasteiger charge is -2.17. The molecule has 0 aliphatic carbocycles. The minimum atomic E-state index is -0.224. The van der Waals surface area contributed by atoms with Crippen LogP contribution in [0.4, 0.5) is 0 Å². The Morgan fingerprint density at radius 1 is 1.00 bits per heavy atom. The lowest BCUT2D eigenvalue weighted by atomic mass is 9.96. The lowest BCUT2D eigenvalue weighted by molar-refractivity contribution is 0.242. The van der Waals surface area contributed by atoms with Crippen molar-refractivity contribution in [1.82, 2.24) is 9.66 Å². The molecule has 180 valence electrons. The SMILES string of the molecule is COc1cc(C)c(-c2nc3ccccc3c(=O)n2N=Cc2cccc(OC(C)C)c2)cc1C(C)C. The van der Waals surface area contributed by atoms with Gasteiger partial charge in [0, 0.05) is 5.56 Å². The number of hydrogen-bond acceptors (Lipinski definition) is 5. The molecule has 6 nitrogen and oxygen atoms in total. The van der Waals surface area contributed by atoms with Gasteiger partial charge in [0.25, 0.3) is 5.56 Å². The van der Waals surface area contributed by atoms with Crippen molar-refractivity contribution in [2.75, 3.05) is 7.11 Å². The average Bonchev–Trinajstić information content (AvgIpc) is 2.83. The summed E-state index contributed by atoms with van der Waals surface area (Å²) in [5, 5.41) is 5.13. The Hall–Kier alpha value is -3.93. The first kappa shape index (κ1) is 24.2. The summed E-state index contributed by atoms with van der Waals surface area (Å²) in [6.07, 6.45) is 1.73. The molecule has 0 fully saturated rings. The Labute approximate surface area is 205 Å². The van der Waals surface area contributed by atoms with Crippen molar-refractivity contribution in [3.63, 3.8) is 0 Å². The molecule has 4 rings (SSSR count). The van der Waals surface area contributed by atoms with E-state index < -0.39 is 0 Å². The van der Waals surface area contributed by atoms with Gasteiger partial charge in [0.2, 0.25) is 0 Å². The maximum Gasteiger partial charge on any atom is 0.282 e. The van der Waals surface area contributed by atoms with E-state index in [0.717, 1.165) is 33.8 Å². The largest absolute Gasteiger partial charge is 0.496 e. The summed E-state index contributed by atoms with van der Waals surface area (Å²) in [6.45, 7) is 10.2. The molecule has 4 aromatic rings. The Balaban J connectivity index is 1.92. The summed E-state index contributed by atoms with van der Waals surface area (Å²) in [6, 6.07) is 19.0. The molecule has 0 radical (unpaired) electrons. The highest BCUT2D eigenvalue weighted by Crippen LogP contribution is 2.34. The van der Waals surface area contributed by atoms with Crippen LogP contribution in [-0.4, -0.2) is 29.1 Å². The predicted octanol–water partition coefficient (Wildman–Crippen LogP) is 6.17.